The van der Waals surface area contributed by atoms with Gasteiger partial charge in [0.1, 0.15) is 5.65 Å². The van der Waals surface area contributed by atoms with E-state index in [0.29, 0.717) is 0 Å². The van der Waals surface area contributed by atoms with Crippen molar-refractivity contribution in [1.29, 1.82) is 0 Å². The minimum atomic E-state index is 1.01. The fourth-order valence-electron chi connectivity index (χ4n) is 2.60. The second kappa shape index (κ2) is 3.95. The quantitative estimate of drug-likeness (QED) is 0.491. The zero-order valence-corrected chi connectivity index (χ0v) is 10.3. The topological polar surface area (TPSA) is 17.3 Å². The Morgan fingerprint density at radius 1 is 0.789 bits per heavy atom. The van der Waals surface area contributed by atoms with Gasteiger partial charge in [-0.25, -0.2) is 4.98 Å². The van der Waals surface area contributed by atoms with Crippen LogP contribution in [0.1, 0.15) is 0 Å². The lowest BCUT2D eigenvalue weighted by Crippen LogP contribution is -1.89. The van der Waals surface area contributed by atoms with Crippen molar-refractivity contribution >= 4 is 16.4 Å². The summed E-state index contributed by atoms with van der Waals surface area (Å²) in [5, 5.41) is 2.43. The maximum atomic E-state index is 4.44. The van der Waals surface area contributed by atoms with Gasteiger partial charge in [-0.15, -0.1) is 0 Å². The second-order valence-electron chi connectivity index (χ2n) is 4.61. The van der Waals surface area contributed by atoms with E-state index in [0.717, 1.165) is 5.65 Å². The Morgan fingerprint density at radius 2 is 1.53 bits per heavy atom. The van der Waals surface area contributed by atoms with Crippen LogP contribution >= 0.6 is 0 Å². The molecule has 0 N–H and O–H groups in total. The molecule has 0 atom stereocenters. The van der Waals surface area contributed by atoms with Crippen LogP contribution < -0.4 is 0 Å². The van der Waals surface area contributed by atoms with Gasteiger partial charge in [0, 0.05) is 29.5 Å². The minimum Gasteiger partial charge on any atom is -0.306 e. The van der Waals surface area contributed by atoms with Gasteiger partial charge in [0.05, 0.1) is 0 Å². The van der Waals surface area contributed by atoms with Crippen LogP contribution in [0.2, 0.25) is 0 Å². The van der Waals surface area contributed by atoms with E-state index in [-0.39, 0.29) is 0 Å². The van der Waals surface area contributed by atoms with E-state index < -0.39 is 0 Å². The van der Waals surface area contributed by atoms with Gasteiger partial charge < -0.3 is 4.40 Å². The highest BCUT2D eigenvalue weighted by Crippen LogP contribution is 2.30. The number of imidazole rings is 1. The molecule has 0 saturated heterocycles. The Morgan fingerprint density at radius 3 is 2.37 bits per heavy atom. The number of rotatable bonds is 1. The number of hydrogen-bond acceptors (Lipinski definition) is 1. The number of hydrogen-bond donors (Lipinski definition) is 0. The maximum absolute atomic E-state index is 4.44. The van der Waals surface area contributed by atoms with E-state index in [1.54, 1.807) is 0 Å². The van der Waals surface area contributed by atoms with Crippen LogP contribution in [0.15, 0.2) is 73.2 Å². The van der Waals surface area contributed by atoms with E-state index in [1.165, 1.54) is 21.9 Å². The van der Waals surface area contributed by atoms with Crippen molar-refractivity contribution in [2.75, 3.05) is 0 Å². The van der Waals surface area contributed by atoms with Crippen molar-refractivity contribution in [2.24, 2.45) is 0 Å². The van der Waals surface area contributed by atoms with Gasteiger partial charge in [-0.3, -0.25) is 0 Å². The molecular weight excluding hydrogens is 232 g/mol. The number of benzene rings is 2. The molecule has 2 heteroatoms. The van der Waals surface area contributed by atoms with E-state index in [4.69, 9.17) is 0 Å². The van der Waals surface area contributed by atoms with Gasteiger partial charge in [0.25, 0.3) is 0 Å². The third-order valence-electron chi connectivity index (χ3n) is 3.48. The van der Waals surface area contributed by atoms with Crippen molar-refractivity contribution in [3.8, 4) is 11.1 Å². The van der Waals surface area contributed by atoms with Gasteiger partial charge in [-0.2, -0.15) is 0 Å². The van der Waals surface area contributed by atoms with Crippen LogP contribution in [0.5, 0.6) is 0 Å². The lowest BCUT2D eigenvalue weighted by molar-refractivity contribution is 1.20. The molecule has 0 fully saturated rings. The number of fused-ring (bicyclic) bond motifs is 3. The predicted molar refractivity (Wildman–Crippen MR) is 78.1 cm³/mol. The van der Waals surface area contributed by atoms with Gasteiger partial charge >= 0.3 is 0 Å². The number of pyridine rings is 1. The van der Waals surface area contributed by atoms with Gasteiger partial charge in [0.2, 0.25) is 0 Å². The molecule has 90 valence electrons. The first-order valence-electron chi connectivity index (χ1n) is 6.33. The summed E-state index contributed by atoms with van der Waals surface area (Å²) >= 11 is 0. The van der Waals surface area contributed by atoms with Crippen LogP contribution in [0.4, 0.5) is 0 Å². The van der Waals surface area contributed by atoms with Crippen molar-refractivity contribution in [1.82, 2.24) is 9.38 Å². The largest absolute Gasteiger partial charge is 0.306 e. The highest BCUT2D eigenvalue weighted by atomic mass is 15.0. The summed E-state index contributed by atoms with van der Waals surface area (Å²) in [5.41, 5.74) is 3.48. The van der Waals surface area contributed by atoms with Crippen molar-refractivity contribution in [3.63, 3.8) is 0 Å². The first-order chi connectivity index (χ1) is 9.43. The summed E-state index contributed by atoms with van der Waals surface area (Å²) in [6.07, 6.45) is 5.99. The summed E-state index contributed by atoms with van der Waals surface area (Å²) < 4.78 is 2.09. The fourth-order valence-corrected chi connectivity index (χ4v) is 2.60. The fraction of sp³-hybridized carbons (Fsp3) is 0. The predicted octanol–water partition coefficient (Wildman–Crippen LogP) is 4.15. The van der Waals surface area contributed by atoms with Gasteiger partial charge in [-0.1, -0.05) is 54.6 Å². The molecular formula is C17H12N2. The molecule has 2 aromatic heterocycles. The molecule has 0 radical (unpaired) electrons. The Bertz CT molecular complexity index is 860. The molecule has 0 bridgehead atoms. The highest BCUT2D eigenvalue weighted by molar-refractivity contribution is 6.03. The van der Waals surface area contributed by atoms with Crippen LogP contribution in [-0.4, -0.2) is 9.38 Å². The maximum Gasteiger partial charge on any atom is 0.144 e. The molecule has 0 amide bonds. The summed E-state index contributed by atoms with van der Waals surface area (Å²) in [7, 11) is 0. The Kier molecular flexibility index (Phi) is 2.15. The monoisotopic (exact) mass is 244 g/mol. The molecule has 0 spiro atoms. The smallest absolute Gasteiger partial charge is 0.144 e. The van der Waals surface area contributed by atoms with Crippen LogP contribution in [-0.2, 0) is 0 Å². The van der Waals surface area contributed by atoms with Gasteiger partial charge in [0.15, 0.2) is 0 Å². The van der Waals surface area contributed by atoms with E-state index in [1.807, 2.05) is 18.5 Å². The van der Waals surface area contributed by atoms with Crippen molar-refractivity contribution in [3.05, 3.63) is 73.2 Å². The Balaban J connectivity index is 2.19. The zero-order chi connectivity index (χ0) is 12.7. The molecule has 2 heterocycles. The van der Waals surface area contributed by atoms with Crippen LogP contribution in [0, 0.1) is 0 Å². The summed E-state index contributed by atoms with van der Waals surface area (Å²) in [6, 6.07) is 18.9. The lowest BCUT2D eigenvalue weighted by atomic mass is 10.0. The molecule has 2 nitrogen and oxygen atoms in total. The molecule has 0 aliphatic heterocycles. The van der Waals surface area contributed by atoms with E-state index in [9.17, 15) is 0 Å². The van der Waals surface area contributed by atoms with E-state index >= 15 is 0 Å². The van der Waals surface area contributed by atoms with Crippen LogP contribution in [0.3, 0.4) is 0 Å². The number of aromatic nitrogens is 2. The summed E-state index contributed by atoms with van der Waals surface area (Å²) in [5.74, 6) is 0. The third-order valence-corrected chi connectivity index (χ3v) is 3.48. The van der Waals surface area contributed by atoms with Crippen molar-refractivity contribution < 1.29 is 0 Å². The normalized spacial score (nSPS) is 11.2. The minimum absolute atomic E-state index is 1.01. The molecule has 19 heavy (non-hydrogen) atoms. The second-order valence-corrected chi connectivity index (χ2v) is 4.61. The van der Waals surface area contributed by atoms with Gasteiger partial charge in [-0.05, 0) is 10.9 Å². The molecule has 0 aliphatic rings. The molecule has 4 rings (SSSR count). The molecule has 0 saturated carbocycles. The van der Waals surface area contributed by atoms with Crippen molar-refractivity contribution in [2.45, 2.75) is 0 Å². The molecule has 4 aromatic rings. The molecule has 0 unspecified atom stereocenters. The first-order valence-corrected chi connectivity index (χ1v) is 6.33. The van der Waals surface area contributed by atoms with E-state index in [2.05, 4.69) is 64.1 Å². The first kappa shape index (κ1) is 10.3. The molecule has 0 aliphatic carbocycles. The Hall–Kier alpha value is -2.61. The average Bonchev–Trinajstić information content (AvgIpc) is 2.96. The highest BCUT2D eigenvalue weighted by Gasteiger charge is 2.08. The number of nitrogens with zero attached hydrogens (tertiary/aromatic N) is 2. The standard InChI is InChI=1S/C17H12N2/c1-2-6-13(7-3-1)16-12-19-11-10-18-17(19)15-9-5-4-8-14(15)16/h1-12H. The zero-order valence-electron chi connectivity index (χ0n) is 10.3. The molecule has 2 aromatic carbocycles. The average molecular weight is 244 g/mol. The van der Waals surface area contributed by atoms with Crippen LogP contribution in [0.25, 0.3) is 27.5 Å². The SMILES string of the molecule is c1ccc(-c2cn3ccnc3c3ccccc23)cc1. The third kappa shape index (κ3) is 1.54. The summed E-state index contributed by atoms with van der Waals surface area (Å²) in [6.45, 7) is 0. The summed E-state index contributed by atoms with van der Waals surface area (Å²) in [4.78, 5) is 4.44. The lowest BCUT2D eigenvalue weighted by Gasteiger charge is -2.08. The Labute approximate surface area is 111 Å².